The van der Waals surface area contributed by atoms with E-state index < -0.39 is 6.36 Å². The first-order chi connectivity index (χ1) is 13.3. The molecule has 0 unspecified atom stereocenters. The van der Waals surface area contributed by atoms with Gasteiger partial charge in [0.15, 0.2) is 0 Å². The van der Waals surface area contributed by atoms with Crippen LogP contribution in [-0.2, 0) is 4.79 Å². The first-order valence-corrected chi connectivity index (χ1v) is 9.83. The van der Waals surface area contributed by atoms with E-state index in [1.165, 1.54) is 28.9 Å². The first kappa shape index (κ1) is 22.0. The molecule has 0 saturated heterocycles. The lowest BCUT2D eigenvalue weighted by Gasteiger charge is -2.13. The van der Waals surface area contributed by atoms with Crippen molar-refractivity contribution in [2.45, 2.75) is 57.1 Å². The Morgan fingerprint density at radius 2 is 2.00 bits per heavy atom. The summed E-state index contributed by atoms with van der Waals surface area (Å²) in [7, 11) is 0. The van der Waals surface area contributed by atoms with Gasteiger partial charge in [-0.3, -0.25) is 4.79 Å². The molecule has 1 amide bonds. The van der Waals surface area contributed by atoms with Gasteiger partial charge in [-0.15, -0.1) is 18.3 Å². The second-order valence-corrected chi connectivity index (χ2v) is 7.11. The van der Waals surface area contributed by atoms with Crippen LogP contribution in [-0.4, -0.2) is 44.3 Å². The minimum atomic E-state index is -4.75. The number of alkyl halides is 3. The fourth-order valence-corrected chi connectivity index (χ4v) is 3.14. The molecule has 11 heteroatoms. The summed E-state index contributed by atoms with van der Waals surface area (Å²) in [4.78, 5) is 12.1. The zero-order chi connectivity index (χ0) is 20.6. The maximum absolute atomic E-state index is 12.2. The number of nitrogens with zero attached hydrogens (tertiary/aromatic N) is 4. The molecule has 2 aromatic rings. The molecule has 0 aliphatic heterocycles. The van der Waals surface area contributed by atoms with Gasteiger partial charge < -0.3 is 10.1 Å². The third-order valence-electron chi connectivity index (χ3n) is 3.74. The molecule has 0 radical (unpaired) electrons. The van der Waals surface area contributed by atoms with Gasteiger partial charge in [-0.2, -0.15) is 4.68 Å². The molecule has 1 aromatic heterocycles. The second-order valence-electron chi connectivity index (χ2n) is 6.17. The first-order valence-electron chi connectivity index (χ1n) is 8.85. The van der Waals surface area contributed by atoms with Crippen molar-refractivity contribution in [1.29, 1.82) is 0 Å². The van der Waals surface area contributed by atoms with Gasteiger partial charge >= 0.3 is 6.36 Å². The zero-order valence-electron chi connectivity index (χ0n) is 15.6. The molecule has 154 valence electrons. The highest BCUT2D eigenvalue weighted by Gasteiger charge is 2.31. The summed E-state index contributed by atoms with van der Waals surface area (Å²) in [6.07, 6.45) is -0.497. The summed E-state index contributed by atoms with van der Waals surface area (Å²) in [6, 6.07) is 5.24. The standard InChI is InChI=1S/C17H22F3N5O2S/c1-3-4-5-6-12(2)21-15(26)11-28-16-22-23-24-25(16)13-7-9-14(10-8-13)27-17(18,19)20/h7-10,12H,3-6,11H2,1-2H3,(H,21,26)/t12-/m0/s1. The average molecular weight is 417 g/mol. The quantitative estimate of drug-likeness (QED) is 0.469. The molecular formula is C17H22F3N5O2S. The number of unbranched alkanes of at least 4 members (excludes halogenated alkanes) is 2. The lowest BCUT2D eigenvalue weighted by Crippen LogP contribution is -2.33. The lowest BCUT2D eigenvalue weighted by atomic mass is 10.1. The minimum Gasteiger partial charge on any atom is -0.406 e. The van der Waals surface area contributed by atoms with Gasteiger partial charge in [0.2, 0.25) is 11.1 Å². The van der Waals surface area contributed by atoms with Gasteiger partial charge in [0.1, 0.15) is 5.75 Å². The van der Waals surface area contributed by atoms with Gasteiger partial charge in [0, 0.05) is 6.04 Å². The number of benzene rings is 1. The van der Waals surface area contributed by atoms with Crippen molar-refractivity contribution >= 4 is 17.7 Å². The molecule has 1 heterocycles. The highest BCUT2D eigenvalue weighted by molar-refractivity contribution is 7.99. The van der Waals surface area contributed by atoms with E-state index in [4.69, 9.17) is 0 Å². The molecule has 2 rings (SSSR count). The third kappa shape index (κ3) is 7.37. The van der Waals surface area contributed by atoms with Crippen LogP contribution in [0, 0.1) is 0 Å². The van der Waals surface area contributed by atoms with Crippen LogP contribution >= 0.6 is 11.8 Å². The Hall–Kier alpha value is -2.30. The summed E-state index contributed by atoms with van der Waals surface area (Å²) in [5, 5.41) is 14.5. The Balaban J connectivity index is 1.90. The van der Waals surface area contributed by atoms with Crippen LogP contribution in [0.4, 0.5) is 13.2 Å². The summed E-state index contributed by atoms with van der Waals surface area (Å²) >= 11 is 1.14. The van der Waals surface area contributed by atoms with E-state index in [1.54, 1.807) is 0 Å². The van der Waals surface area contributed by atoms with E-state index in [9.17, 15) is 18.0 Å². The van der Waals surface area contributed by atoms with Crippen LogP contribution in [0.1, 0.15) is 39.5 Å². The number of carbonyl (C=O) groups excluding carboxylic acids is 1. The third-order valence-corrected chi connectivity index (χ3v) is 4.66. The summed E-state index contributed by atoms with van der Waals surface area (Å²) in [5.41, 5.74) is 0.454. The maximum atomic E-state index is 12.2. The number of rotatable bonds is 10. The predicted octanol–water partition coefficient (Wildman–Crippen LogP) is 3.74. The van der Waals surface area contributed by atoms with Crippen LogP contribution in [0.2, 0.25) is 0 Å². The SMILES string of the molecule is CCCCC[C@H](C)NC(=O)CSc1nnnn1-c1ccc(OC(F)(F)F)cc1. The number of hydrogen-bond acceptors (Lipinski definition) is 6. The van der Waals surface area contributed by atoms with Gasteiger partial charge in [-0.05, 0) is 48.0 Å². The fourth-order valence-electron chi connectivity index (χ4n) is 2.44. The van der Waals surface area contributed by atoms with Gasteiger partial charge in [0.25, 0.3) is 0 Å². The Labute approximate surface area is 165 Å². The number of aromatic nitrogens is 4. The van der Waals surface area contributed by atoms with Crippen LogP contribution < -0.4 is 10.1 Å². The molecule has 1 N–H and O–H groups in total. The highest BCUT2D eigenvalue weighted by atomic mass is 32.2. The summed E-state index contributed by atoms with van der Waals surface area (Å²) in [6.45, 7) is 4.09. The Morgan fingerprint density at radius 1 is 1.29 bits per heavy atom. The highest BCUT2D eigenvalue weighted by Crippen LogP contribution is 2.25. The van der Waals surface area contributed by atoms with E-state index >= 15 is 0 Å². The van der Waals surface area contributed by atoms with Crippen molar-refractivity contribution in [3.8, 4) is 11.4 Å². The van der Waals surface area contributed by atoms with E-state index in [1.807, 2.05) is 6.92 Å². The molecular weight excluding hydrogens is 395 g/mol. The molecule has 0 aliphatic carbocycles. The molecule has 0 fully saturated rings. The Kier molecular flexibility index (Phi) is 8.09. The lowest BCUT2D eigenvalue weighted by molar-refractivity contribution is -0.274. The molecule has 1 atom stereocenters. The van der Waals surface area contributed by atoms with Crippen LogP contribution in [0.3, 0.4) is 0 Å². The summed E-state index contributed by atoms with van der Waals surface area (Å²) in [5.74, 6) is -0.333. The van der Waals surface area contributed by atoms with E-state index in [0.29, 0.717) is 10.8 Å². The zero-order valence-corrected chi connectivity index (χ0v) is 16.4. The average Bonchev–Trinajstić information content (AvgIpc) is 3.08. The fraction of sp³-hybridized carbons (Fsp3) is 0.529. The van der Waals surface area contributed by atoms with E-state index in [2.05, 4.69) is 32.5 Å². The maximum Gasteiger partial charge on any atom is 0.573 e. The van der Waals surface area contributed by atoms with E-state index in [-0.39, 0.29) is 23.5 Å². The largest absolute Gasteiger partial charge is 0.573 e. The van der Waals surface area contributed by atoms with Crippen molar-refractivity contribution in [1.82, 2.24) is 25.5 Å². The van der Waals surface area contributed by atoms with Gasteiger partial charge in [-0.25, -0.2) is 0 Å². The summed E-state index contributed by atoms with van der Waals surface area (Å²) < 4.78 is 41.9. The number of halogens is 3. The monoisotopic (exact) mass is 417 g/mol. The van der Waals surface area contributed by atoms with Crippen molar-refractivity contribution in [2.75, 3.05) is 5.75 Å². The van der Waals surface area contributed by atoms with Crippen LogP contribution in [0.25, 0.3) is 5.69 Å². The smallest absolute Gasteiger partial charge is 0.406 e. The molecule has 0 spiro atoms. The number of amides is 1. The molecule has 28 heavy (non-hydrogen) atoms. The van der Waals surface area contributed by atoms with Gasteiger partial charge in [-0.1, -0.05) is 37.9 Å². The molecule has 0 aliphatic rings. The predicted molar refractivity (Wildman–Crippen MR) is 98.3 cm³/mol. The Bertz CT molecular complexity index is 752. The van der Waals surface area contributed by atoms with Crippen molar-refractivity contribution in [3.63, 3.8) is 0 Å². The molecule has 0 bridgehead atoms. The topological polar surface area (TPSA) is 81.9 Å². The Morgan fingerprint density at radius 3 is 2.64 bits per heavy atom. The van der Waals surface area contributed by atoms with Crippen molar-refractivity contribution in [3.05, 3.63) is 24.3 Å². The van der Waals surface area contributed by atoms with Crippen LogP contribution in [0.15, 0.2) is 29.4 Å². The van der Waals surface area contributed by atoms with E-state index in [0.717, 1.165) is 37.4 Å². The number of thioether (sulfide) groups is 1. The molecule has 1 aromatic carbocycles. The number of nitrogens with one attached hydrogen (secondary N) is 1. The number of hydrogen-bond donors (Lipinski definition) is 1. The van der Waals surface area contributed by atoms with Crippen molar-refractivity contribution in [2.24, 2.45) is 0 Å². The van der Waals surface area contributed by atoms with Crippen molar-refractivity contribution < 1.29 is 22.7 Å². The number of carbonyl (C=O) groups is 1. The van der Waals surface area contributed by atoms with Crippen LogP contribution in [0.5, 0.6) is 5.75 Å². The number of ether oxygens (including phenoxy) is 1. The minimum absolute atomic E-state index is 0.0943. The normalized spacial score (nSPS) is 12.6. The molecule has 7 nitrogen and oxygen atoms in total. The van der Waals surface area contributed by atoms with Gasteiger partial charge in [0.05, 0.1) is 11.4 Å². The molecule has 0 saturated carbocycles. The number of tetrazole rings is 1. The second kappa shape index (κ2) is 10.3.